The van der Waals surface area contributed by atoms with Gasteiger partial charge in [-0.1, -0.05) is 23.7 Å². The number of fused-ring (bicyclic) bond motifs is 5. The maximum atomic E-state index is 10.7. The van der Waals surface area contributed by atoms with Crippen LogP contribution in [-0.2, 0) is 5.41 Å². The summed E-state index contributed by atoms with van der Waals surface area (Å²) in [7, 11) is 0. The van der Waals surface area contributed by atoms with Gasteiger partial charge in [-0.2, -0.15) is 0 Å². The number of ether oxygens (including phenoxy) is 2. The van der Waals surface area contributed by atoms with E-state index in [4.69, 9.17) is 26.8 Å². The molecule has 0 bridgehead atoms. The third kappa shape index (κ3) is 1.87. The fraction of sp³-hybridized carbons (Fsp3) is 0.100. The Hall–Kier alpha value is -3.29. The zero-order valence-corrected chi connectivity index (χ0v) is 14.9. The van der Waals surface area contributed by atoms with Crippen LogP contribution >= 0.6 is 11.6 Å². The van der Waals surface area contributed by atoms with E-state index in [9.17, 15) is 20.4 Å². The SMILES string of the molecule is NC12Oc3cc(O)cc(O)c3C1(c1ccc(Cl)cc1)c1c(O)cc(O)cc1O2. The van der Waals surface area contributed by atoms with Crippen LogP contribution in [-0.4, -0.2) is 26.3 Å². The van der Waals surface area contributed by atoms with E-state index >= 15 is 0 Å². The van der Waals surface area contributed by atoms with Crippen LogP contribution in [0.2, 0.25) is 5.02 Å². The molecule has 3 aromatic carbocycles. The maximum absolute atomic E-state index is 10.7. The predicted molar refractivity (Wildman–Crippen MR) is 99.1 cm³/mol. The molecular formula is C20H14ClNO6. The Labute approximate surface area is 163 Å². The van der Waals surface area contributed by atoms with Crippen molar-refractivity contribution in [2.75, 3.05) is 0 Å². The average molecular weight is 400 g/mol. The summed E-state index contributed by atoms with van der Waals surface area (Å²) in [6, 6.07) is 11.6. The minimum absolute atomic E-state index is 0.105. The molecule has 2 aliphatic rings. The molecule has 0 atom stereocenters. The van der Waals surface area contributed by atoms with Gasteiger partial charge in [-0.3, -0.25) is 5.73 Å². The third-order valence-electron chi connectivity index (χ3n) is 5.21. The van der Waals surface area contributed by atoms with Crippen molar-refractivity contribution in [3.63, 3.8) is 0 Å². The molecule has 6 N–H and O–H groups in total. The third-order valence-corrected chi connectivity index (χ3v) is 5.46. The van der Waals surface area contributed by atoms with Crippen LogP contribution in [0.15, 0.2) is 48.5 Å². The molecule has 2 heterocycles. The summed E-state index contributed by atoms with van der Waals surface area (Å²) in [5.74, 6) is -2.71. The van der Waals surface area contributed by atoms with Crippen LogP contribution in [0.5, 0.6) is 34.5 Å². The molecule has 0 saturated heterocycles. The molecule has 5 rings (SSSR count). The van der Waals surface area contributed by atoms with Crippen molar-refractivity contribution >= 4 is 11.6 Å². The maximum Gasteiger partial charge on any atom is 0.329 e. The molecule has 7 nitrogen and oxygen atoms in total. The van der Waals surface area contributed by atoms with Crippen molar-refractivity contribution in [1.82, 2.24) is 0 Å². The zero-order chi connectivity index (χ0) is 19.8. The summed E-state index contributed by atoms with van der Waals surface area (Å²) < 4.78 is 11.7. The highest BCUT2D eigenvalue weighted by Crippen LogP contribution is 2.66. The number of hydrogen-bond donors (Lipinski definition) is 5. The smallest absolute Gasteiger partial charge is 0.329 e. The van der Waals surface area contributed by atoms with Gasteiger partial charge in [0.25, 0.3) is 0 Å². The van der Waals surface area contributed by atoms with E-state index < -0.39 is 11.3 Å². The Bertz CT molecular complexity index is 1080. The van der Waals surface area contributed by atoms with Crippen LogP contribution in [0.1, 0.15) is 16.7 Å². The number of phenolic OH excluding ortho intramolecular Hbond substituents is 4. The Morgan fingerprint density at radius 3 is 1.68 bits per heavy atom. The van der Waals surface area contributed by atoms with Crippen molar-refractivity contribution in [3.05, 3.63) is 70.2 Å². The fourth-order valence-corrected chi connectivity index (χ4v) is 4.38. The zero-order valence-electron chi connectivity index (χ0n) is 14.2. The Balaban J connectivity index is 1.96. The second-order valence-corrected chi connectivity index (χ2v) is 7.24. The number of halogens is 1. The second-order valence-electron chi connectivity index (χ2n) is 6.80. The van der Waals surface area contributed by atoms with E-state index in [0.717, 1.165) is 12.1 Å². The first kappa shape index (κ1) is 16.9. The minimum atomic E-state index is -1.90. The van der Waals surface area contributed by atoms with Crippen LogP contribution < -0.4 is 15.2 Å². The Morgan fingerprint density at radius 2 is 1.21 bits per heavy atom. The predicted octanol–water partition coefficient (Wildman–Crippen LogP) is 2.89. The highest BCUT2D eigenvalue weighted by atomic mass is 35.5. The highest BCUT2D eigenvalue weighted by molar-refractivity contribution is 6.30. The second kappa shape index (κ2) is 5.15. The van der Waals surface area contributed by atoms with Crippen LogP contribution in [0, 0.1) is 0 Å². The standard InChI is InChI=1S/C20H14ClNO6/c21-10-3-1-9(2-4-10)19-17-13(25)5-11(23)7-15(17)27-20(19,22)28-16-8-12(24)6-14(26)18(16)19/h1-8,23-26H,22H2. The lowest BCUT2D eigenvalue weighted by molar-refractivity contribution is -0.105. The van der Waals surface area contributed by atoms with Gasteiger partial charge in [-0.05, 0) is 17.7 Å². The van der Waals surface area contributed by atoms with E-state index in [1.807, 2.05) is 0 Å². The summed E-state index contributed by atoms with van der Waals surface area (Å²) in [6.45, 7) is 0. The van der Waals surface area contributed by atoms with E-state index in [1.54, 1.807) is 24.3 Å². The molecule has 28 heavy (non-hydrogen) atoms. The van der Waals surface area contributed by atoms with Crippen molar-refractivity contribution in [3.8, 4) is 34.5 Å². The first-order chi connectivity index (χ1) is 13.3. The molecule has 0 amide bonds. The van der Waals surface area contributed by atoms with Crippen LogP contribution in [0.4, 0.5) is 0 Å². The molecule has 0 aromatic heterocycles. The van der Waals surface area contributed by atoms with Gasteiger partial charge < -0.3 is 29.9 Å². The van der Waals surface area contributed by atoms with Crippen molar-refractivity contribution in [2.45, 2.75) is 11.3 Å². The lowest BCUT2D eigenvalue weighted by atomic mass is 9.68. The van der Waals surface area contributed by atoms with E-state index in [0.29, 0.717) is 10.6 Å². The summed E-state index contributed by atoms with van der Waals surface area (Å²) >= 11 is 6.04. The van der Waals surface area contributed by atoms with Gasteiger partial charge in [-0.25, -0.2) is 0 Å². The molecule has 0 radical (unpaired) electrons. The molecule has 0 fully saturated rings. The van der Waals surface area contributed by atoms with Gasteiger partial charge in [0.1, 0.15) is 34.5 Å². The monoisotopic (exact) mass is 399 g/mol. The molecule has 0 aliphatic carbocycles. The largest absolute Gasteiger partial charge is 0.508 e. The summed E-state index contributed by atoms with van der Waals surface area (Å²) in [5, 5.41) is 41.7. The van der Waals surface area contributed by atoms with Gasteiger partial charge in [0.15, 0.2) is 5.41 Å². The number of phenols is 4. The van der Waals surface area contributed by atoms with E-state index in [1.165, 1.54) is 12.1 Å². The van der Waals surface area contributed by atoms with Crippen molar-refractivity contribution < 1.29 is 29.9 Å². The molecule has 0 spiro atoms. The minimum Gasteiger partial charge on any atom is -0.508 e. The number of aromatic hydroxyl groups is 4. The Morgan fingerprint density at radius 1 is 0.750 bits per heavy atom. The average Bonchev–Trinajstić information content (AvgIpc) is 2.97. The van der Waals surface area contributed by atoms with Gasteiger partial charge in [-0.15, -0.1) is 0 Å². The summed E-state index contributed by atoms with van der Waals surface area (Å²) in [6.07, 6.45) is 0. The Kier molecular flexibility index (Phi) is 3.10. The lowest BCUT2D eigenvalue weighted by Crippen LogP contribution is -2.60. The van der Waals surface area contributed by atoms with Crippen LogP contribution in [0.3, 0.4) is 0 Å². The molecule has 0 unspecified atom stereocenters. The van der Waals surface area contributed by atoms with Gasteiger partial charge in [0.2, 0.25) is 0 Å². The van der Waals surface area contributed by atoms with Crippen molar-refractivity contribution in [1.29, 1.82) is 0 Å². The van der Waals surface area contributed by atoms with Crippen LogP contribution in [0.25, 0.3) is 0 Å². The quantitative estimate of drug-likeness (QED) is 0.426. The molecule has 142 valence electrons. The normalized spacial score (nSPS) is 24.1. The molecular weight excluding hydrogens is 386 g/mol. The molecule has 2 aliphatic heterocycles. The number of benzene rings is 3. The number of rotatable bonds is 1. The first-order valence-electron chi connectivity index (χ1n) is 8.32. The van der Waals surface area contributed by atoms with Gasteiger partial charge >= 0.3 is 5.91 Å². The summed E-state index contributed by atoms with van der Waals surface area (Å²) in [5.41, 5.74) is 6.02. The van der Waals surface area contributed by atoms with Gasteiger partial charge in [0, 0.05) is 29.3 Å². The number of nitrogens with two attached hydrogens (primary N) is 1. The first-order valence-corrected chi connectivity index (χ1v) is 8.70. The molecule has 3 aromatic rings. The topological polar surface area (TPSA) is 125 Å². The molecule has 0 saturated carbocycles. The van der Waals surface area contributed by atoms with E-state index in [2.05, 4.69) is 0 Å². The molecule has 8 heteroatoms. The lowest BCUT2D eigenvalue weighted by Gasteiger charge is -2.34. The fourth-order valence-electron chi connectivity index (χ4n) is 4.25. The van der Waals surface area contributed by atoms with E-state index in [-0.39, 0.29) is 45.6 Å². The summed E-state index contributed by atoms with van der Waals surface area (Å²) in [4.78, 5) is 0. The highest BCUT2D eigenvalue weighted by Gasteiger charge is 2.70. The van der Waals surface area contributed by atoms with Gasteiger partial charge in [0.05, 0.1) is 11.1 Å². The number of hydrogen-bond acceptors (Lipinski definition) is 7. The van der Waals surface area contributed by atoms with Crippen molar-refractivity contribution in [2.24, 2.45) is 5.73 Å².